The smallest absolute Gasteiger partial charge is 0.0445 e. The van der Waals surface area contributed by atoms with Crippen LogP contribution in [0.1, 0.15) is 49.1 Å². The molecule has 19 heavy (non-hydrogen) atoms. The highest BCUT2D eigenvalue weighted by Gasteiger charge is 2.26. The van der Waals surface area contributed by atoms with E-state index in [4.69, 9.17) is 5.11 Å². The second-order valence-corrected chi connectivity index (χ2v) is 6.07. The Morgan fingerprint density at radius 1 is 1.16 bits per heavy atom. The number of benzene rings is 1. The molecule has 0 spiro atoms. The van der Waals surface area contributed by atoms with E-state index < -0.39 is 0 Å². The SMILES string of the molecule is OCC[C@@H]1CCCN1CCC1CCc2ccccc21. The minimum absolute atomic E-state index is 0.341. The summed E-state index contributed by atoms with van der Waals surface area (Å²) >= 11 is 0. The lowest BCUT2D eigenvalue weighted by atomic mass is 9.97. The second-order valence-electron chi connectivity index (χ2n) is 6.07. The van der Waals surface area contributed by atoms with Gasteiger partial charge in [0.15, 0.2) is 0 Å². The summed E-state index contributed by atoms with van der Waals surface area (Å²) in [4.78, 5) is 2.61. The molecule has 0 saturated carbocycles. The number of hydrogen-bond donors (Lipinski definition) is 1. The van der Waals surface area contributed by atoms with E-state index in [1.807, 2.05) is 0 Å². The molecular weight excluding hydrogens is 234 g/mol. The monoisotopic (exact) mass is 259 g/mol. The van der Waals surface area contributed by atoms with E-state index in [1.54, 1.807) is 11.1 Å². The molecule has 2 heteroatoms. The summed E-state index contributed by atoms with van der Waals surface area (Å²) in [6.45, 7) is 2.79. The summed E-state index contributed by atoms with van der Waals surface area (Å²) in [5.41, 5.74) is 3.17. The van der Waals surface area contributed by atoms with Crippen LogP contribution in [0.4, 0.5) is 0 Å². The molecule has 2 aliphatic rings. The van der Waals surface area contributed by atoms with Crippen molar-refractivity contribution < 1.29 is 5.11 Å². The number of aliphatic hydroxyl groups is 1. The number of fused-ring (bicyclic) bond motifs is 1. The summed E-state index contributed by atoms with van der Waals surface area (Å²) < 4.78 is 0. The van der Waals surface area contributed by atoms with Crippen molar-refractivity contribution >= 4 is 0 Å². The third-order valence-electron chi connectivity index (χ3n) is 4.98. The lowest BCUT2D eigenvalue weighted by molar-refractivity contribution is 0.191. The minimum atomic E-state index is 0.341. The molecule has 1 aliphatic heterocycles. The normalized spacial score (nSPS) is 26.8. The topological polar surface area (TPSA) is 23.5 Å². The van der Waals surface area contributed by atoms with Gasteiger partial charge in [0.1, 0.15) is 0 Å². The Balaban J connectivity index is 1.56. The van der Waals surface area contributed by atoms with Crippen LogP contribution in [0.5, 0.6) is 0 Å². The number of aliphatic hydroxyl groups excluding tert-OH is 1. The number of nitrogens with zero attached hydrogens (tertiary/aromatic N) is 1. The fourth-order valence-corrected chi connectivity index (χ4v) is 3.93. The zero-order valence-corrected chi connectivity index (χ0v) is 11.7. The van der Waals surface area contributed by atoms with Gasteiger partial charge in [-0.05, 0) is 68.7 Å². The maximum absolute atomic E-state index is 9.13. The summed E-state index contributed by atoms with van der Waals surface area (Å²) in [7, 11) is 0. The van der Waals surface area contributed by atoms with Gasteiger partial charge in [0.2, 0.25) is 0 Å². The van der Waals surface area contributed by atoms with Crippen LogP contribution in [0.3, 0.4) is 0 Å². The van der Waals surface area contributed by atoms with Crippen LogP contribution in [0.15, 0.2) is 24.3 Å². The second kappa shape index (κ2) is 6.06. The van der Waals surface area contributed by atoms with Crippen molar-refractivity contribution in [3.63, 3.8) is 0 Å². The van der Waals surface area contributed by atoms with Gasteiger partial charge in [-0.15, -0.1) is 0 Å². The fourth-order valence-electron chi connectivity index (χ4n) is 3.93. The zero-order chi connectivity index (χ0) is 13.1. The van der Waals surface area contributed by atoms with Gasteiger partial charge in [0, 0.05) is 12.6 Å². The van der Waals surface area contributed by atoms with Gasteiger partial charge in [-0.2, -0.15) is 0 Å². The van der Waals surface area contributed by atoms with Crippen molar-refractivity contribution in [1.82, 2.24) is 4.90 Å². The van der Waals surface area contributed by atoms with Crippen LogP contribution in [0.25, 0.3) is 0 Å². The molecule has 1 heterocycles. The molecule has 0 radical (unpaired) electrons. The van der Waals surface area contributed by atoms with Crippen LogP contribution < -0.4 is 0 Å². The van der Waals surface area contributed by atoms with Crippen molar-refractivity contribution in [2.45, 2.75) is 50.5 Å². The van der Waals surface area contributed by atoms with Crippen LogP contribution in [-0.4, -0.2) is 35.7 Å². The predicted molar refractivity (Wildman–Crippen MR) is 78.4 cm³/mol. The lowest BCUT2D eigenvalue weighted by Gasteiger charge is -2.25. The lowest BCUT2D eigenvalue weighted by Crippen LogP contribution is -2.31. The van der Waals surface area contributed by atoms with Crippen LogP contribution >= 0.6 is 0 Å². The Labute approximate surface area is 116 Å². The Bertz CT molecular complexity index is 417. The molecule has 1 fully saturated rings. The molecule has 1 saturated heterocycles. The third kappa shape index (κ3) is 2.85. The quantitative estimate of drug-likeness (QED) is 0.879. The molecule has 1 aromatic rings. The summed E-state index contributed by atoms with van der Waals surface area (Å²) in [6, 6.07) is 9.60. The highest BCUT2D eigenvalue weighted by Crippen LogP contribution is 2.35. The molecule has 2 nitrogen and oxygen atoms in total. The van der Waals surface area contributed by atoms with Gasteiger partial charge in [-0.25, -0.2) is 0 Å². The molecule has 3 rings (SSSR count). The predicted octanol–water partition coefficient (Wildman–Crippen LogP) is 2.95. The van der Waals surface area contributed by atoms with E-state index >= 15 is 0 Å². The van der Waals surface area contributed by atoms with Crippen molar-refractivity contribution in [3.05, 3.63) is 35.4 Å². The van der Waals surface area contributed by atoms with E-state index in [1.165, 1.54) is 45.2 Å². The van der Waals surface area contributed by atoms with Gasteiger partial charge in [0.05, 0.1) is 0 Å². The van der Waals surface area contributed by atoms with E-state index in [0.717, 1.165) is 12.3 Å². The maximum Gasteiger partial charge on any atom is 0.0445 e. The van der Waals surface area contributed by atoms with Gasteiger partial charge >= 0.3 is 0 Å². The molecule has 1 N–H and O–H groups in total. The van der Waals surface area contributed by atoms with Crippen molar-refractivity contribution in [1.29, 1.82) is 0 Å². The number of hydrogen-bond acceptors (Lipinski definition) is 2. The third-order valence-corrected chi connectivity index (χ3v) is 4.98. The molecule has 1 unspecified atom stereocenters. The fraction of sp³-hybridized carbons (Fsp3) is 0.647. The van der Waals surface area contributed by atoms with Crippen LogP contribution in [-0.2, 0) is 6.42 Å². The summed E-state index contributed by atoms with van der Waals surface area (Å²) in [5, 5.41) is 9.13. The Kier molecular flexibility index (Phi) is 4.19. The van der Waals surface area contributed by atoms with E-state index in [2.05, 4.69) is 29.2 Å². The van der Waals surface area contributed by atoms with Crippen LogP contribution in [0.2, 0.25) is 0 Å². The summed E-state index contributed by atoms with van der Waals surface area (Å²) in [6.07, 6.45) is 7.44. The molecular formula is C17H25NO. The molecule has 1 aromatic carbocycles. The van der Waals surface area contributed by atoms with Gasteiger partial charge in [0.25, 0.3) is 0 Å². The first kappa shape index (κ1) is 13.1. The first-order valence-electron chi connectivity index (χ1n) is 7.81. The summed E-state index contributed by atoms with van der Waals surface area (Å²) in [5.74, 6) is 0.770. The van der Waals surface area contributed by atoms with Crippen molar-refractivity contribution in [3.8, 4) is 0 Å². The largest absolute Gasteiger partial charge is 0.396 e. The Morgan fingerprint density at radius 3 is 2.95 bits per heavy atom. The number of likely N-dealkylation sites (tertiary alicyclic amines) is 1. The van der Waals surface area contributed by atoms with Crippen molar-refractivity contribution in [2.75, 3.05) is 19.7 Å². The first-order valence-corrected chi connectivity index (χ1v) is 7.81. The molecule has 104 valence electrons. The molecule has 1 aliphatic carbocycles. The van der Waals surface area contributed by atoms with Gasteiger partial charge in [-0.3, -0.25) is 0 Å². The van der Waals surface area contributed by atoms with E-state index in [0.29, 0.717) is 12.6 Å². The average Bonchev–Trinajstić information content (AvgIpc) is 3.04. The zero-order valence-electron chi connectivity index (χ0n) is 11.7. The van der Waals surface area contributed by atoms with E-state index in [9.17, 15) is 0 Å². The molecule has 0 amide bonds. The maximum atomic E-state index is 9.13. The molecule has 2 atom stereocenters. The van der Waals surface area contributed by atoms with Gasteiger partial charge < -0.3 is 10.0 Å². The number of rotatable bonds is 5. The van der Waals surface area contributed by atoms with Crippen LogP contribution in [0, 0.1) is 0 Å². The molecule has 0 aromatic heterocycles. The van der Waals surface area contributed by atoms with Gasteiger partial charge in [-0.1, -0.05) is 24.3 Å². The molecule has 0 bridgehead atoms. The van der Waals surface area contributed by atoms with Crippen molar-refractivity contribution in [2.24, 2.45) is 0 Å². The average molecular weight is 259 g/mol. The minimum Gasteiger partial charge on any atom is -0.396 e. The number of aryl methyl sites for hydroxylation is 1. The highest BCUT2D eigenvalue weighted by atomic mass is 16.3. The standard InChI is InChI=1S/C17H25NO/c19-13-10-16-5-3-11-18(16)12-9-15-8-7-14-4-1-2-6-17(14)15/h1-2,4,6,15-16,19H,3,5,7-13H2/t15?,16-/m0/s1. The highest BCUT2D eigenvalue weighted by molar-refractivity contribution is 5.34. The first-order chi connectivity index (χ1) is 9.38. The van der Waals surface area contributed by atoms with E-state index in [-0.39, 0.29) is 0 Å². The Hall–Kier alpha value is -0.860. The Morgan fingerprint density at radius 2 is 2.05 bits per heavy atom.